The molecule has 3 aliphatic carbocycles. The Bertz CT molecular complexity index is 4200. The highest BCUT2D eigenvalue weighted by molar-refractivity contribution is 5.93. The molecule has 386 valence electrons. The molecular formula is C81H62. The number of fused-ring (bicyclic) bond motifs is 9. The Kier molecular flexibility index (Phi) is 11.0. The summed E-state index contributed by atoms with van der Waals surface area (Å²) in [5.74, 6) is 0. The molecule has 0 bridgehead atoms. The largest absolute Gasteiger partial charge is 0.0622 e. The summed E-state index contributed by atoms with van der Waals surface area (Å²) in [5.41, 5.74) is 35.8. The van der Waals surface area contributed by atoms with E-state index in [9.17, 15) is 0 Å². The second kappa shape index (κ2) is 18.3. The zero-order valence-corrected chi connectivity index (χ0v) is 46.9. The minimum Gasteiger partial charge on any atom is -0.0622 e. The highest BCUT2D eigenvalue weighted by atomic mass is 14.4. The van der Waals surface area contributed by atoms with Gasteiger partial charge in [-0.25, -0.2) is 0 Å². The summed E-state index contributed by atoms with van der Waals surface area (Å²) in [6.45, 7) is 14.5. The summed E-state index contributed by atoms with van der Waals surface area (Å²) in [5, 5.41) is 0. The lowest BCUT2D eigenvalue weighted by molar-refractivity contribution is 0.659. The first-order valence-corrected chi connectivity index (χ1v) is 28.8. The van der Waals surface area contributed by atoms with Gasteiger partial charge in [-0.15, -0.1) is 0 Å². The lowest BCUT2D eigenvalue weighted by Crippen LogP contribution is -2.16. The van der Waals surface area contributed by atoms with Crippen LogP contribution in [0, 0.1) is 0 Å². The minimum absolute atomic E-state index is 0.173. The molecule has 0 saturated carbocycles. The molecule has 81 heavy (non-hydrogen) atoms. The topological polar surface area (TPSA) is 0 Å². The van der Waals surface area contributed by atoms with Crippen LogP contribution in [0.3, 0.4) is 0 Å². The molecule has 0 atom stereocenters. The molecule has 0 nitrogen and oxygen atoms in total. The van der Waals surface area contributed by atoms with Crippen LogP contribution in [0.5, 0.6) is 0 Å². The summed E-state index contributed by atoms with van der Waals surface area (Å²) in [4.78, 5) is 0. The first kappa shape index (κ1) is 48.7. The molecule has 0 N–H and O–H groups in total. The number of hydrogen-bond acceptors (Lipinski definition) is 0. The Morgan fingerprint density at radius 3 is 0.605 bits per heavy atom. The normalized spacial score (nSPS) is 14.3. The van der Waals surface area contributed by atoms with Crippen LogP contribution in [0.1, 0.15) is 74.9 Å². The van der Waals surface area contributed by atoms with Crippen LogP contribution in [-0.2, 0) is 16.2 Å². The first-order chi connectivity index (χ1) is 39.4. The van der Waals surface area contributed by atoms with Gasteiger partial charge in [0.1, 0.15) is 0 Å². The van der Waals surface area contributed by atoms with Gasteiger partial charge in [0.2, 0.25) is 0 Å². The van der Waals surface area contributed by atoms with E-state index in [1.807, 2.05) is 0 Å². The molecule has 0 heteroatoms. The van der Waals surface area contributed by atoms with Gasteiger partial charge in [0.25, 0.3) is 0 Å². The molecule has 0 saturated heterocycles. The van der Waals surface area contributed by atoms with Gasteiger partial charge < -0.3 is 0 Å². The fourth-order valence-electron chi connectivity index (χ4n) is 14.2. The number of rotatable bonds is 8. The van der Waals surface area contributed by atoms with Crippen molar-refractivity contribution in [3.8, 4) is 122 Å². The fraction of sp³-hybridized carbons (Fsp3) is 0.111. The Morgan fingerprint density at radius 2 is 0.333 bits per heavy atom. The number of hydrogen-bond donors (Lipinski definition) is 0. The molecule has 0 spiro atoms. The summed E-state index contributed by atoms with van der Waals surface area (Å²) in [6, 6.07) is 100. The molecule has 0 radical (unpaired) electrons. The van der Waals surface area contributed by atoms with Gasteiger partial charge in [-0.1, -0.05) is 272 Å². The van der Waals surface area contributed by atoms with E-state index in [1.165, 1.54) is 156 Å². The molecule has 0 heterocycles. The van der Waals surface area contributed by atoms with Gasteiger partial charge in [-0.2, -0.15) is 0 Å². The fourth-order valence-corrected chi connectivity index (χ4v) is 14.2. The van der Waals surface area contributed by atoms with Gasteiger partial charge in [-0.3, -0.25) is 0 Å². The maximum atomic E-state index is 2.48. The highest BCUT2D eigenvalue weighted by Gasteiger charge is 2.39. The Hall–Kier alpha value is -9.36. The predicted molar refractivity (Wildman–Crippen MR) is 343 cm³/mol. The number of benzene rings is 12. The van der Waals surface area contributed by atoms with Crippen molar-refractivity contribution in [2.75, 3.05) is 0 Å². The molecule has 0 fully saturated rings. The summed E-state index contributed by atoms with van der Waals surface area (Å²) in [6.07, 6.45) is 0. The van der Waals surface area contributed by atoms with Gasteiger partial charge in [0.05, 0.1) is 0 Å². The SMILES string of the molecule is CC1(C)c2cc(-c3ccc4c(c3)C(C)(C)c3cc(-c5ccccc5-c5ccc(-c6ccccc6)cc5)ccc3-4)ccc2-c2ccc(-c3ccc4c(c3)C(C)(C)c3cc(-c5ccccc5-c5ccc(-c6ccccc6)cc5)ccc3-4)cc21. The van der Waals surface area contributed by atoms with Crippen LogP contribution in [-0.4, -0.2) is 0 Å². The average Bonchev–Trinajstić information content (AvgIpc) is 3.07. The summed E-state index contributed by atoms with van der Waals surface area (Å²) >= 11 is 0. The third-order valence-electron chi connectivity index (χ3n) is 18.8. The van der Waals surface area contributed by atoms with Crippen molar-refractivity contribution in [3.63, 3.8) is 0 Å². The average molecular weight is 1040 g/mol. The van der Waals surface area contributed by atoms with Crippen LogP contribution >= 0.6 is 0 Å². The van der Waals surface area contributed by atoms with E-state index in [4.69, 9.17) is 0 Å². The van der Waals surface area contributed by atoms with Gasteiger partial charge in [0.15, 0.2) is 0 Å². The molecule has 12 aromatic rings. The summed E-state index contributed by atoms with van der Waals surface area (Å²) in [7, 11) is 0. The zero-order chi connectivity index (χ0) is 54.8. The van der Waals surface area contributed by atoms with Crippen molar-refractivity contribution in [2.24, 2.45) is 0 Å². The van der Waals surface area contributed by atoms with Crippen LogP contribution < -0.4 is 0 Å². The van der Waals surface area contributed by atoms with Crippen molar-refractivity contribution < 1.29 is 0 Å². The van der Waals surface area contributed by atoms with Crippen LogP contribution in [0.2, 0.25) is 0 Å². The van der Waals surface area contributed by atoms with Crippen molar-refractivity contribution in [1.82, 2.24) is 0 Å². The maximum Gasteiger partial charge on any atom is 0.0159 e. The molecule has 12 aromatic carbocycles. The third kappa shape index (κ3) is 7.79. The van der Waals surface area contributed by atoms with Crippen molar-refractivity contribution in [3.05, 3.63) is 300 Å². The quantitative estimate of drug-likeness (QED) is 0.142. The van der Waals surface area contributed by atoms with Crippen LogP contribution in [0.15, 0.2) is 267 Å². The van der Waals surface area contributed by atoms with E-state index in [-0.39, 0.29) is 16.2 Å². The zero-order valence-electron chi connectivity index (χ0n) is 46.9. The minimum atomic E-state index is -0.178. The van der Waals surface area contributed by atoms with Crippen LogP contribution in [0.4, 0.5) is 0 Å². The third-order valence-corrected chi connectivity index (χ3v) is 18.8. The van der Waals surface area contributed by atoms with E-state index in [1.54, 1.807) is 0 Å². The molecule has 0 amide bonds. The van der Waals surface area contributed by atoms with Crippen LogP contribution in [0.25, 0.3) is 122 Å². The monoisotopic (exact) mass is 1030 g/mol. The Labute approximate surface area is 477 Å². The van der Waals surface area contributed by atoms with E-state index >= 15 is 0 Å². The smallest absolute Gasteiger partial charge is 0.0159 e. The molecular weight excluding hydrogens is 973 g/mol. The standard InChI is InChI=1S/C81H62/c1-79(2)73-45-57(59-35-41-69-71-43-37-61(49-77(71)80(3,4)75(69)47-59)65-23-15-13-21-63(65)55-29-25-53(26-30-55)51-17-9-7-10-18-51)33-39-67(73)68-40-34-58(46-74(68)79)60-36-42-70-72-44-38-62(50-78(72)81(5,6)76(70)48-60)66-24-16-14-22-64(66)56-31-27-54(28-32-56)52-19-11-8-12-20-52/h7-50H,1-6H3. The molecule has 0 aromatic heterocycles. The second-order valence-electron chi connectivity index (χ2n) is 24.4. The van der Waals surface area contributed by atoms with E-state index in [0.29, 0.717) is 0 Å². The highest BCUT2D eigenvalue weighted by Crippen LogP contribution is 2.55. The lowest BCUT2D eigenvalue weighted by atomic mass is 9.79. The second-order valence-corrected chi connectivity index (χ2v) is 24.4. The van der Waals surface area contributed by atoms with Crippen molar-refractivity contribution in [2.45, 2.75) is 57.8 Å². The van der Waals surface area contributed by atoms with Crippen molar-refractivity contribution in [1.29, 1.82) is 0 Å². The van der Waals surface area contributed by atoms with Gasteiger partial charge in [-0.05, 0) is 192 Å². The molecule has 0 unspecified atom stereocenters. The maximum absolute atomic E-state index is 2.48. The first-order valence-electron chi connectivity index (χ1n) is 28.8. The van der Waals surface area contributed by atoms with Crippen molar-refractivity contribution >= 4 is 0 Å². The van der Waals surface area contributed by atoms with Gasteiger partial charge in [0, 0.05) is 16.2 Å². The molecule has 3 aliphatic rings. The van der Waals surface area contributed by atoms with E-state index in [2.05, 4.69) is 308 Å². The molecule has 0 aliphatic heterocycles. The predicted octanol–water partition coefficient (Wildman–Crippen LogP) is 21.9. The van der Waals surface area contributed by atoms with E-state index in [0.717, 1.165) is 0 Å². The Balaban J connectivity index is 0.694. The molecule has 15 rings (SSSR count). The van der Waals surface area contributed by atoms with E-state index < -0.39 is 0 Å². The lowest BCUT2D eigenvalue weighted by Gasteiger charge is -2.24. The summed E-state index contributed by atoms with van der Waals surface area (Å²) < 4.78 is 0. The Morgan fingerprint density at radius 1 is 0.148 bits per heavy atom. The van der Waals surface area contributed by atoms with Gasteiger partial charge >= 0.3 is 0 Å².